The normalized spacial score (nSPS) is 12.0. The second kappa shape index (κ2) is 10.5. The van der Waals surface area contributed by atoms with Crippen LogP contribution < -0.4 is 15.9 Å². The first kappa shape index (κ1) is 23.0. The van der Waals surface area contributed by atoms with Gasteiger partial charge in [0.05, 0.1) is 5.25 Å². The third-order valence-corrected chi connectivity index (χ3v) is 5.99. The number of carbonyl (C=O) groups is 1. The van der Waals surface area contributed by atoms with Gasteiger partial charge in [-0.3, -0.25) is 4.79 Å². The summed E-state index contributed by atoms with van der Waals surface area (Å²) >= 11 is 7.12. The Labute approximate surface area is 191 Å². The molecule has 2 aromatic carbocycles. The van der Waals surface area contributed by atoms with E-state index in [4.69, 9.17) is 22.2 Å². The smallest absolute Gasteiger partial charge is 0.233 e. The van der Waals surface area contributed by atoms with E-state index in [9.17, 15) is 4.79 Å². The third kappa shape index (κ3) is 6.38. The highest BCUT2D eigenvalue weighted by Gasteiger charge is 2.19. The second-order valence-electron chi connectivity index (χ2n) is 7.39. The summed E-state index contributed by atoms with van der Waals surface area (Å²) in [6, 6.07) is 15.3. The Morgan fingerprint density at radius 2 is 1.81 bits per heavy atom. The van der Waals surface area contributed by atoms with Gasteiger partial charge in [-0.1, -0.05) is 61.5 Å². The number of thioether (sulfide) groups is 1. The van der Waals surface area contributed by atoms with E-state index in [1.54, 1.807) is 19.1 Å². The van der Waals surface area contributed by atoms with Crippen molar-refractivity contribution < 1.29 is 9.53 Å². The molecule has 0 aliphatic heterocycles. The largest absolute Gasteiger partial charge is 0.486 e. The lowest BCUT2D eigenvalue weighted by Gasteiger charge is -2.12. The van der Waals surface area contributed by atoms with Crippen LogP contribution >= 0.6 is 23.4 Å². The molecule has 31 heavy (non-hydrogen) atoms. The van der Waals surface area contributed by atoms with Crippen molar-refractivity contribution in [3.63, 3.8) is 0 Å². The molecular weight excluding hydrogens is 434 g/mol. The molecule has 0 saturated carbocycles. The maximum Gasteiger partial charge on any atom is 0.233 e. The fourth-order valence-corrected chi connectivity index (χ4v) is 3.67. The van der Waals surface area contributed by atoms with Crippen LogP contribution in [0.2, 0.25) is 5.02 Å². The maximum absolute atomic E-state index is 12.4. The van der Waals surface area contributed by atoms with Crippen molar-refractivity contribution in [2.75, 3.05) is 5.84 Å². The Hall–Kier alpha value is -2.71. The number of hydrogen-bond donors (Lipinski definition) is 2. The molecule has 0 aliphatic carbocycles. The number of amides is 1. The van der Waals surface area contributed by atoms with Crippen molar-refractivity contribution in [1.29, 1.82) is 0 Å². The molecule has 0 saturated heterocycles. The first-order valence-corrected chi connectivity index (χ1v) is 11.2. The van der Waals surface area contributed by atoms with Gasteiger partial charge in [-0.15, -0.1) is 10.2 Å². The topological polar surface area (TPSA) is 95.1 Å². The Kier molecular flexibility index (Phi) is 7.81. The van der Waals surface area contributed by atoms with E-state index in [0.717, 1.165) is 11.3 Å². The second-order valence-corrected chi connectivity index (χ2v) is 9.13. The highest BCUT2D eigenvalue weighted by molar-refractivity contribution is 8.00. The minimum Gasteiger partial charge on any atom is -0.486 e. The van der Waals surface area contributed by atoms with Gasteiger partial charge in [0, 0.05) is 11.6 Å². The molecule has 1 aromatic heterocycles. The molecule has 1 amide bonds. The van der Waals surface area contributed by atoms with Crippen LogP contribution in [-0.2, 0) is 17.9 Å². The minimum atomic E-state index is -0.392. The van der Waals surface area contributed by atoms with Gasteiger partial charge in [-0.05, 0) is 48.2 Å². The van der Waals surface area contributed by atoms with Gasteiger partial charge >= 0.3 is 0 Å². The van der Waals surface area contributed by atoms with Gasteiger partial charge in [0.1, 0.15) is 12.4 Å². The van der Waals surface area contributed by atoms with Crippen molar-refractivity contribution in [2.24, 2.45) is 0 Å². The quantitative estimate of drug-likeness (QED) is 0.368. The zero-order valence-corrected chi connectivity index (χ0v) is 19.3. The third-order valence-electron chi connectivity index (χ3n) is 4.68. The Morgan fingerprint density at radius 3 is 2.45 bits per heavy atom. The SMILES string of the molecule is CC(Sc1nnc(COc2ccc(C(C)C)cc2)n1N)C(=O)NCc1ccc(Cl)cc1. The van der Waals surface area contributed by atoms with Crippen molar-refractivity contribution >= 4 is 29.3 Å². The number of benzene rings is 2. The summed E-state index contributed by atoms with van der Waals surface area (Å²) in [4.78, 5) is 12.4. The average molecular weight is 460 g/mol. The highest BCUT2D eigenvalue weighted by Crippen LogP contribution is 2.22. The number of carbonyl (C=O) groups excluding carboxylic acids is 1. The van der Waals surface area contributed by atoms with Crippen molar-refractivity contribution in [3.8, 4) is 5.75 Å². The molecule has 0 radical (unpaired) electrons. The number of nitrogen functional groups attached to an aromatic ring is 1. The molecular formula is C22H26ClN5O2S. The van der Waals surface area contributed by atoms with Gasteiger partial charge in [-0.2, -0.15) is 0 Å². The Bertz CT molecular complexity index is 1010. The summed E-state index contributed by atoms with van der Waals surface area (Å²) in [7, 11) is 0. The molecule has 1 atom stereocenters. The first-order valence-electron chi connectivity index (χ1n) is 9.94. The van der Waals surface area contributed by atoms with Gasteiger partial charge in [0.15, 0.2) is 5.82 Å². The Balaban J connectivity index is 1.51. The van der Waals surface area contributed by atoms with Gasteiger partial charge < -0.3 is 15.9 Å². The van der Waals surface area contributed by atoms with Crippen LogP contribution in [0, 0.1) is 0 Å². The first-order chi connectivity index (χ1) is 14.8. The van der Waals surface area contributed by atoms with Crippen LogP contribution in [0.3, 0.4) is 0 Å². The van der Waals surface area contributed by atoms with E-state index in [1.165, 1.54) is 22.0 Å². The number of halogens is 1. The van der Waals surface area contributed by atoms with E-state index >= 15 is 0 Å². The van der Waals surface area contributed by atoms with Gasteiger partial charge in [-0.25, -0.2) is 4.68 Å². The van der Waals surface area contributed by atoms with E-state index in [1.807, 2.05) is 36.4 Å². The standard InChI is InChI=1S/C22H26ClN5O2S/c1-14(2)17-6-10-19(11-7-17)30-13-20-26-27-22(28(20)24)31-15(3)21(29)25-12-16-4-8-18(23)9-5-16/h4-11,14-15H,12-13,24H2,1-3H3,(H,25,29). The van der Waals surface area contributed by atoms with Gasteiger partial charge in [0.2, 0.25) is 11.1 Å². The van der Waals surface area contributed by atoms with Crippen molar-refractivity contribution in [1.82, 2.24) is 20.2 Å². The predicted molar refractivity (Wildman–Crippen MR) is 124 cm³/mol. The van der Waals surface area contributed by atoms with E-state index < -0.39 is 5.25 Å². The van der Waals surface area contributed by atoms with Crippen molar-refractivity contribution in [3.05, 3.63) is 70.5 Å². The molecule has 1 unspecified atom stereocenters. The average Bonchev–Trinajstić information content (AvgIpc) is 3.11. The van der Waals surface area contributed by atoms with Crippen LogP contribution in [0.5, 0.6) is 5.75 Å². The molecule has 3 aromatic rings. The zero-order chi connectivity index (χ0) is 22.4. The van der Waals surface area contributed by atoms with Crippen LogP contribution in [0.4, 0.5) is 0 Å². The predicted octanol–water partition coefficient (Wildman–Crippen LogP) is 4.14. The zero-order valence-electron chi connectivity index (χ0n) is 17.7. The molecule has 0 fully saturated rings. The Morgan fingerprint density at radius 1 is 1.13 bits per heavy atom. The fraction of sp³-hybridized carbons (Fsp3) is 0.318. The molecule has 0 bridgehead atoms. The molecule has 7 nitrogen and oxygen atoms in total. The number of nitrogens with one attached hydrogen (secondary N) is 1. The number of hydrogen-bond acceptors (Lipinski definition) is 6. The number of nitrogens with zero attached hydrogens (tertiary/aromatic N) is 3. The van der Waals surface area contributed by atoms with E-state index in [2.05, 4.69) is 29.4 Å². The van der Waals surface area contributed by atoms with E-state index in [-0.39, 0.29) is 12.5 Å². The summed E-state index contributed by atoms with van der Waals surface area (Å²) in [5, 5.41) is 11.8. The van der Waals surface area contributed by atoms with Gasteiger partial charge in [0.25, 0.3) is 0 Å². The van der Waals surface area contributed by atoms with Crippen LogP contribution in [-0.4, -0.2) is 26.0 Å². The molecule has 0 aliphatic rings. The number of ether oxygens (including phenoxy) is 1. The maximum atomic E-state index is 12.4. The summed E-state index contributed by atoms with van der Waals surface area (Å²) in [5.41, 5.74) is 2.22. The molecule has 3 rings (SSSR count). The van der Waals surface area contributed by atoms with Crippen molar-refractivity contribution in [2.45, 2.75) is 50.2 Å². The number of rotatable bonds is 9. The summed E-state index contributed by atoms with van der Waals surface area (Å²) in [6.07, 6.45) is 0. The molecule has 164 valence electrons. The van der Waals surface area contributed by atoms with E-state index in [0.29, 0.717) is 28.5 Å². The van der Waals surface area contributed by atoms with Crippen LogP contribution in [0.15, 0.2) is 53.7 Å². The number of aromatic nitrogens is 3. The molecule has 0 spiro atoms. The monoisotopic (exact) mass is 459 g/mol. The summed E-state index contributed by atoms with van der Waals surface area (Å²) < 4.78 is 7.13. The highest BCUT2D eigenvalue weighted by atomic mass is 35.5. The molecule has 9 heteroatoms. The summed E-state index contributed by atoms with van der Waals surface area (Å²) in [6.45, 7) is 6.69. The lowest BCUT2D eigenvalue weighted by atomic mass is 10.0. The fourth-order valence-electron chi connectivity index (χ4n) is 2.73. The lowest BCUT2D eigenvalue weighted by Crippen LogP contribution is -2.31. The van der Waals surface area contributed by atoms with Crippen LogP contribution in [0.25, 0.3) is 0 Å². The molecule has 3 N–H and O–H groups in total. The molecule has 1 heterocycles. The minimum absolute atomic E-state index is 0.119. The lowest BCUT2D eigenvalue weighted by molar-refractivity contribution is -0.120. The summed E-state index contributed by atoms with van der Waals surface area (Å²) in [5.74, 6) is 7.66. The number of nitrogens with two attached hydrogens (primary N) is 1. The van der Waals surface area contributed by atoms with Crippen LogP contribution in [0.1, 0.15) is 43.6 Å².